The van der Waals surface area contributed by atoms with Gasteiger partial charge in [0, 0.05) is 18.4 Å². The van der Waals surface area contributed by atoms with Crippen LogP contribution in [0.3, 0.4) is 0 Å². The van der Waals surface area contributed by atoms with E-state index in [1.54, 1.807) is 12.1 Å². The lowest BCUT2D eigenvalue weighted by atomic mass is 9.67. The molecule has 182 valence electrons. The minimum atomic E-state index is -0.901. The number of carboxylic acid groups (broad SMARTS) is 1. The molecular formula is C27H28FN3O4. The average molecular weight is 478 g/mol. The molecular weight excluding hydrogens is 449 g/mol. The third-order valence-corrected chi connectivity index (χ3v) is 7.16. The summed E-state index contributed by atoms with van der Waals surface area (Å²) in [5.74, 6) is 0.0160. The number of oxime groups is 1. The van der Waals surface area contributed by atoms with Gasteiger partial charge in [0.1, 0.15) is 11.9 Å². The van der Waals surface area contributed by atoms with Gasteiger partial charge in [0.2, 0.25) is 11.7 Å². The molecule has 35 heavy (non-hydrogen) atoms. The number of hydrogen-bond donors (Lipinski definition) is 1. The molecule has 2 heterocycles. The Morgan fingerprint density at radius 2 is 1.74 bits per heavy atom. The lowest BCUT2D eigenvalue weighted by Gasteiger charge is -2.38. The summed E-state index contributed by atoms with van der Waals surface area (Å²) in [6, 6.07) is 14.6. The van der Waals surface area contributed by atoms with Crippen molar-refractivity contribution in [3.05, 3.63) is 71.4 Å². The standard InChI is InChI=1S/C27H28FN3O4/c28-21-10-8-20(9-11-21)27(13-2-1-3-14-27)15-12-24-29-26(31-35-24)19-6-4-18(5-7-19)23-16-22(34-30-23)17-25(32)33/h4-11,22H,1-3,12-17H2,(H,32,33). The van der Waals surface area contributed by atoms with Gasteiger partial charge in [-0.3, -0.25) is 4.79 Å². The Bertz CT molecular complexity index is 1200. The maximum atomic E-state index is 13.5. The molecule has 8 heteroatoms. The number of aryl methyl sites for hydroxylation is 1. The lowest BCUT2D eigenvalue weighted by molar-refractivity contribution is -0.139. The minimum Gasteiger partial charge on any atom is -0.481 e. The van der Waals surface area contributed by atoms with Crippen molar-refractivity contribution in [2.24, 2.45) is 5.16 Å². The first-order chi connectivity index (χ1) is 17.0. The zero-order chi connectivity index (χ0) is 24.3. The molecule has 1 aliphatic heterocycles. The molecule has 1 aliphatic carbocycles. The van der Waals surface area contributed by atoms with E-state index >= 15 is 0 Å². The molecule has 3 aromatic rings. The van der Waals surface area contributed by atoms with Crippen LogP contribution in [0, 0.1) is 5.82 Å². The summed E-state index contributed by atoms with van der Waals surface area (Å²) in [5.41, 5.74) is 3.65. The van der Waals surface area contributed by atoms with Crippen LogP contribution >= 0.6 is 0 Å². The van der Waals surface area contributed by atoms with Gasteiger partial charge >= 0.3 is 5.97 Å². The van der Waals surface area contributed by atoms with E-state index in [1.807, 2.05) is 36.4 Å². The van der Waals surface area contributed by atoms with E-state index in [0.29, 0.717) is 24.6 Å². The molecule has 1 unspecified atom stereocenters. The van der Waals surface area contributed by atoms with E-state index in [-0.39, 0.29) is 17.7 Å². The van der Waals surface area contributed by atoms with Crippen LogP contribution in [0.1, 0.15) is 68.4 Å². The van der Waals surface area contributed by atoms with Crippen LogP contribution < -0.4 is 0 Å². The number of rotatable bonds is 8. The Kier molecular flexibility index (Phi) is 6.61. The fourth-order valence-corrected chi connectivity index (χ4v) is 5.25. The van der Waals surface area contributed by atoms with E-state index in [0.717, 1.165) is 36.1 Å². The van der Waals surface area contributed by atoms with Crippen LogP contribution in [-0.2, 0) is 21.5 Å². The van der Waals surface area contributed by atoms with Gasteiger partial charge in [0.25, 0.3) is 0 Å². The maximum Gasteiger partial charge on any atom is 0.307 e. The van der Waals surface area contributed by atoms with Crippen molar-refractivity contribution in [2.75, 3.05) is 0 Å². The molecule has 1 fully saturated rings. The normalized spacial score (nSPS) is 19.2. The van der Waals surface area contributed by atoms with Crippen molar-refractivity contribution in [1.29, 1.82) is 0 Å². The van der Waals surface area contributed by atoms with Gasteiger partial charge in [-0.05, 0) is 47.9 Å². The van der Waals surface area contributed by atoms with Crippen LogP contribution in [0.2, 0.25) is 0 Å². The maximum absolute atomic E-state index is 13.5. The molecule has 1 aromatic heterocycles. The first-order valence-corrected chi connectivity index (χ1v) is 12.1. The van der Waals surface area contributed by atoms with Crippen molar-refractivity contribution in [3.8, 4) is 11.4 Å². The number of aromatic nitrogens is 2. The summed E-state index contributed by atoms with van der Waals surface area (Å²) in [6.45, 7) is 0. The Morgan fingerprint density at radius 3 is 2.46 bits per heavy atom. The highest BCUT2D eigenvalue weighted by molar-refractivity contribution is 6.01. The summed E-state index contributed by atoms with van der Waals surface area (Å²) in [5, 5.41) is 17.1. The van der Waals surface area contributed by atoms with E-state index in [9.17, 15) is 9.18 Å². The Hall–Kier alpha value is -3.55. The molecule has 7 nitrogen and oxygen atoms in total. The fourth-order valence-electron chi connectivity index (χ4n) is 5.25. The largest absolute Gasteiger partial charge is 0.481 e. The third kappa shape index (κ3) is 5.26. The second-order valence-electron chi connectivity index (χ2n) is 9.50. The van der Waals surface area contributed by atoms with Gasteiger partial charge in [-0.2, -0.15) is 4.98 Å². The second kappa shape index (κ2) is 9.98. The van der Waals surface area contributed by atoms with Crippen molar-refractivity contribution < 1.29 is 23.7 Å². The quantitative estimate of drug-likeness (QED) is 0.448. The zero-order valence-electron chi connectivity index (χ0n) is 19.5. The number of hydrogen-bond acceptors (Lipinski definition) is 6. The van der Waals surface area contributed by atoms with E-state index in [1.165, 1.54) is 24.8 Å². The summed E-state index contributed by atoms with van der Waals surface area (Å²) >= 11 is 0. The van der Waals surface area contributed by atoms with Gasteiger partial charge in [-0.1, -0.05) is 66.0 Å². The number of halogens is 1. The highest BCUT2D eigenvalue weighted by Gasteiger charge is 2.34. The molecule has 2 aliphatic rings. The van der Waals surface area contributed by atoms with Crippen LogP contribution in [-0.4, -0.2) is 33.0 Å². The smallest absolute Gasteiger partial charge is 0.307 e. The molecule has 0 bridgehead atoms. The molecule has 1 saturated carbocycles. The second-order valence-corrected chi connectivity index (χ2v) is 9.50. The van der Waals surface area contributed by atoms with Crippen molar-refractivity contribution >= 4 is 11.7 Å². The van der Waals surface area contributed by atoms with Crippen molar-refractivity contribution in [3.63, 3.8) is 0 Å². The lowest BCUT2D eigenvalue weighted by Crippen LogP contribution is -2.29. The van der Waals surface area contributed by atoms with E-state index in [4.69, 9.17) is 14.5 Å². The number of nitrogens with zero attached hydrogens (tertiary/aromatic N) is 3. The third-order valence-electron chi connectivity index (χ3n) is 7.16. The molecule has 1 atom stereocenters. The fraction of sp³-hybridized carbons (Fsp3) is 0.407. The number of benzene rings is 2. The summed E-state index contributed by atoms with van der Waals surface area (Å²) in [7, 11) is 0. The van der Waals surface area contributed by atoms with Crippen LogP contribution in [0.15, 0.2) is 58.2 Å². The Morgan fingerprint density at radius 1 is 1.03 bits per heavy atom. The average Bonchev–Trinajstić information content (AvgIpc) is 3.53. The van der Waals surface area contributed by atoms with Crippen LogP contribution in [0.5, 0.6) is 0 Å². The van der Waals surface area contributed by atoms with E-state index < -0.39 is 12.1 Å². The zero-order valence-corrected chi connectivity index (χ0v) is 19.5. The van der Waals surface area contributed by atoms with Crippen LogP contribution in [0.25, 0.3) is 11.4 Å². The molecule has 0 spiro atoms. The highest BCUT2D eigenvalue weighted by atomic mass is 19.1. The first kappa shape index (κ1) is 23.2. The number of carboxylic acids is 1. The van der Waals surface area contributed by atoms with Gasteiger partial charge in [-0.25, -0.2) is 4.39 Å². The van der Waals surface area contributed by atoms with Gasteiger partial charge in [0.05, 0.1) is 12.1 Å². The van der Waals surface area contributed by atoms with E-state index in [2.05, 4.69) is 15.3 Å². The minimum absolute atomic E-state index is 0.0187. The van der Waals surface area contributed by atoms with Crippen molar-refractivity contribution in [2.45, 2.75) is 69.3 Å². The van der Waals surface area contributed by atoms with Gasteiger partial charge in [0.15, 0.2) is 0 Å². The van der Waals surface area contributed by atoms with Crippen LogP contribution in [0.4, 0.5) is 4.39 Å². The monoisotopic (exact) mass is 477 g/mol. The molecule has 0 radical (unpaired) electrons. The topological polar surface area (TPSA) is 97.8 Å². The Labute approximate surface area is 203 Å². The summed E-state index contributed by atoms with van der Waals surface area (Å²) < 4.78 is 19.1. The SMILES string of the molecule is O=C(O)CC1CC(c2ccc(-c3noc(CCC4(c5ccc(F)cc5)CCCCC4)n3)cc2)=NO1. The highest BCUT2D eigenvalue weighted by Crippen LogP contribution is 2.43. The molecule has 2 aromatic carbocycles. The Balaban J connectivity index is 1.24. The van der Waals surface area contributed by atoms with Gasteiger partial charge in [-0.15, -0.1) is 0 Å². The predicted octanol–water partition coefficient (Wildman–Crippen LogP) is 5.68. The van der Waals surface area contributed by atoms with Gasteiger partial charge < -0.3 is 14.5 Å². The first-order valence-electron chi connectivity index (χ1n) is 12.1. The number of aliphatic carboxylic acids is 1. The molecule has 5 rings (SSSR count). The summed E-state index contributed by atoms with van der Waals surface area (Å²) in [6.07, 6.45) is 7.28. The molecule has 0 saturated heterocycles. The number of carbonyl (C=O) groups is 1. The summed E-state index contributed by atoms with van der Waals surface area (Å²) in [4.78, 5) is 20.7. The van der Waals surface area contributed by atoms with Crippen molar-refractivity contribution in [1.82, 2.24) is 10.1 Å². The predicted molar refractivity (Wildman–Crippen MR) is 127 cm³/mol. The molecule has 1 N–H and O–H groups in total. The molecule has 0 amide bonds.